The summed E-state index contributed by atoms with van der Waals surface area (Å²) >= 11 is 0. The molecule has 0 aliphatic carbocycles. The highest BCUT2D eigenvalue weighted by atomic mass is 32.2. The van der Waals surface area contributed by atoms with Gasteiger partial charge in [-0.1, -0.05) is 26.0 Å². The number of imide groups is 1. The molecule has 0 unspecified atom stereocenters. The molecule has 0 saturated carbocycles. The van der Waals surface area contributed by atoms with Crippen LogP contribution in [0.5, 0.6) is 0 Å². The summed E-state index contributed by atoms with van der Waals surface area (Å²) in [6, 6.07) is 6.15. The second-order valence-electron chi connectivity index (χ2n) is 7.14. The van der Waals surface area contributed by atoms with Gasteiger partial charge in [-0.2, -0.15) is 4.31 Å². The van der Waals surface area contributed by atoms with Gasteiger partial charge in [-0.25, -0.2) is 13.2 Å². The van der Waals surface area contributed by atoms with Crippen LogP contribution in [-0.4, -0.2) is 57.4 Å². The zero-order valence-electron chi connectivity index (χ0n) is 16.8. The largest absolute Gasteiger partial charge is 0.455 e. The molecule has 0 bridgehead atoms. The first kappa shape index (κ1) is 22.8. The molecule has 2 rings (SSSR count). The fourth-order valence-corrected chi connectivity index (χ4v) is 4.46. The summed E-state index contributed by atoms with van der Waals surface area (Å²) in [5, 5.41) is 4.20. The Balaban J connectivity index is 1.88. The van der Waals surface area contributed by atoms with E-state index in [0.717, 1.165) is 5.56 Å². The van der Waals surface area contributed by atoms with Crippen molar-refractivity contribution < 1.29 is 27.5 Å². The Hall–Kier alpha value is -2.46. The Morgan fingerprint density at radius 2 is 1.72 bits per heavy atom. The fourth-order valence-electron chi connectivity index (χ4n) is 2.99. The van der Waals surface area contributed by atoms with Gasteiger partial charge >= 0.3 is 12.0 Å². The summed E-state index contributed by atoms with van der Waals surface area (Å²) in [4.78, 5) is 34.8. The zero-order chi connectivity index (χ0) is 21.6. The van der Waals surface area contributed by atoms with E-state index in [9.17, 15) is 22.8 Å². The van der Waals surface area contributed by atoms with E-state index in [1.165, 1.54) is 11.4 Å². The highest BCUT2D eigenvalue weighted by Crippen LogP contribution is 2.25. The lowest BCUT2D eigenvalue weighted by Gasteiger charge is -2.30. The summed E-state index contributed by atoms with van der Waals surface area (Å²) in [5.74, 6) is -1.48. The number of hydrogen-bond acceptors (Lipinski definition) is 6. The number of rotatable bonds is 6. The average molecular weight is 426 g/mol. The van der Waals surface area contributed by atoms with Crippen molar-refractivity contribution in [1.82, 2.24) is 14.9 Å². The van der Waals surface area contributed by atoms with Crippen LogP contribution in [0, 0.1) is 5.92 Å². The van der Waals surface area contributed by atoms with Gasteiger partial charge < -0.3 is 10.1 Å². The Bertz CT molecular complexity index is 843. The Labute approximate surface area is 170 Å². The minimum Gasteiger partial charge on any atom is -0.455 e. The van der Waals surface area contributed by atoms with Crippen molar-refractivity contribution in [2.45, 2.75) is 37.5 Å². The number of benzene rings is 1. The maximum atomic E-state index is 12.8. The van der Waals surface area contributed by atoms with Crippen molar-refractivity contribution in [2.75, 3.05) is 26.7 Å². The molecule has 0 aromatic heterocycles. The number of sulfonamides is 1. The molecule has 1 saturated heterocycles. The second kappa shape index (κ2) is 9.84. The maximum Gasteiger partial charge on any atom is 0.321 e. The van der Waals surface area contributed by atoms with E-state index in [-0.39, 0.29) is 18.0 Å². The van der Waals surface area contributed by atoms with Gasteiger partial charge in [0.25, 0.3) is 5.91 Å². The summed E-state index contributed by atoms with van der Waals surface area (Å²) in [6.07, 6.45) is 0.610. The number of amides is 3. The summed E-state index contributed by atoms with van der Waals surface area (Å²) in [6.45, 7) is 3.90. The lowest BCUT2D eigenvalue weighted by atomic mass is 9.98. The first-order chi connectivity index (χ1) is 13.6. The minimum atomic E-state index is -3.62. The van der Waals surface area contributed by atoms with E-state index in [2.05, 4.69) is 5.32 Å². The minimum absolute atomic E-state index is 0.193. The smallest absolute Gasteiger partial charge is 0.321 e. The molecule has 9 nitrogen and oxygen atoms in total. The fraction of sp³-hybridized carbons (Fsp3) is 0.526. The molecule has 1 aliphatic heterocycles. The molecule has 0 radical (unpaired) electrons. The van der Waals surface area contributed by atoms with E-state index < -0.39 is 40.5 Å². The Morgan fingerprint density at radius 3 is 2.24 bits per heavy atom. The SMILES string of the molecule is CNC(=O)NC(=O)COC(=O)C1CCN(S(=O)(=O)c2ccc(C(C)C)cc2)CC1. The van der Waals surface area contributed by atoms with Crippen LogP contribution in [0.1, 0.15) is 38.2 Å². The zero-order valence-corrected chi connectivity index (χ0v) is 17.6. The first-order valence-electron chi connectivity index (χ1n) is 9.43. The third-order valence-corrected chi connectivity index (χ3v) is 6.71. The van der Waals surface area contributed by atoms with Crippen molar-refractivity contribution >= 4 is 27.9 Å². The van der Waals surface area contributed by atoms with Crippen LogP contribution < -0.4 is 10.6 Å². The molecule has 1 aliphatic rings. The number of carbonyl (C=O) groups is 3. The average Bonchev–Trinajstić information content (AvgIpc) is 2.72. The normalized spacial score (nSPS) is 15.7. The predicted molar refractivity (Wildman–Crippen MR) is 106 cm³/mol. The van der Waals surface area contributed by atoms with Gasteiger partial charge in [-0.05, 0) is 36.5 Å². The van der Waals surface area contributed by atoms with Crippen molar-refractivity contribution in [3.63, 3.8) is 0 Å². The summed E-state index contributed by atoms with van der Waals surface area (Å²) in [5.41, 5.74) is 1.06. The number of nitrogens with one attached hydrogen (secondary N) is 2. The van der Waals surface area contributed by atoms with Gasteiger partial charge in [0.2, 0.25) is 10.0 Å². The predicted octanol–water partition coefficient (Wildman–Crippen LogP) is 1.21. The number of urea groups is 1. The quantitative estimate of drug-likeness (QED) is 0.661. The van der Waals surface area contributed by atoms with Crippen LogP contribution in [0.25, 0.3) is 0 Å². The molecule has 10 heteroatoms. The van der Waals surface area contributed by atoms with E-state index in [0.29, 0.717) is 18.8 Å². The van der Waals surface area contributed by atoms with Gasteiger partial charge in [0.05, 0.1) is 10.8 Å². The maximum absolute atomic E-state index is 12.8. The van der Waals surface area contributed by atoms with E-state index in [1.807, 2.05) is 31.3 Å². The Morgan fingerprint density at radius 1 is 1.14 bits per heavy atom. The van der Waals surface area contributed by atoms with Crippen molar-refractivity contribution in [3.8, 4) is 0 Å². The van der Waals surface area contributed by atoms with Gasteiger partial charge in [-0.15, -0.1) is 0 Å². The van der Waals surface area contributed by atoms with E-state index in [1.54, 1.807) is 12.1 Å². The standard InChI is InChI=1S/C19H27N3O6S/c1-13(2)14-4-6-16(7-5-14)29(26,27)22-10-8-15(9-11-22)18(24)28-12-17(23)21-19(25)20-3/h4-7,13,15H,8-12H2,1-3H3,(H2,20,21,23,25). The molecule has 0 atom stereocenters. The Kier molecular flexibility index (Phi) is 7.74. The third kappa shape index (κ3) is 6.01. The molecular formula is C19H27N3O6S. The van der Waals surface area contributed by atoms with Crippen LogP contribution >= 0.6 is 0 Å². The molecule has 2 N–H and O–H groups in total. The van der Waals surface area contributed by atoms with Gasteiger partial charge in [-0.3, -0.25) is 14.9 Å². The summed E-state index contributed by atoms with van der Waals surface area (Å²) < 4.78 is 31.9. The van der Waals surface area contributed by atoms with Crippen LogP contribution in [-0.2, 0) is 24.3 Å². The number of piperidine rings is 1. The van der Waals surface area contributed by atoms with Gasteiger partial charge in [0.15, 0.2) is 6.61 Å². The molecule has 1 aromatic carbocycles. The second-order valence-corrected chi connectivity index (χ2v) is 9.08. The number of carbonyl (C=O) groups excluding carboxylic acids is 3. The van der Waals surface area contributed by atoms with Gasteiger partial charge in [0.1, 0.15) is 0 Å². The molecule has 29 heavy (non-hydrogen) atoms. The monoisotopic (exact) mass is 425 g/mol. The van der Waals surface area contributed by atoms with Crippen LogP contribution in [0.2, 0.25) is 0 Å². The van der Waals surface area contributed by atoms with Crippen LogP contribution in [0.15, 0.2) is 29.2 Å². The third-order valence-electron chi connectivity index (χ3n) is 4.80. The number of ether oxygens (including phenoxy) is 1. The molecular weight excluding hydrogens is 398 g/mol. The van der Waals surface area contributed by atoms with Gasteiger partial charge in [0, 0.05) is 20.1 Å². The highest BCUT2D eigenvalue weighted by molar-refractivity contribution is 7.89. The van der Waals surface area contributed by atoms with Crippen molar-refractivity contribution in [3.05, 3.63) is 29.8 Å². The lowest BCUT2D eigenvalue weighted by molar-refractivity contribution is -0.153. The molecule has 160 valence electrons. The van der Waals surface area contributed by atoms with Crippen LogP contribution in [0.3, 0.4) is 0 Å². The molecule has 1 heterocycles. The molecule has 1 fully saturated rings. The van der Waals surface area contributed by atoms with Crippen molar-refractivity contribution in [2.24, 2.45) is 5.92 Å². The lowest BCUT2D eigenvalue weighted by Crippen LogP contribution is -2.42. The topological polar surface area (TPSA) is 122 Å². The highest BCUT2D eigenvalue weighted by Gasteiger charge is 2.33. The molecule has 0 spiro atoms. The summed E-state index contributed by atoms with van der Waals surface area (Å²) in [7, 11) is -2.27. The van der Waals surface area contributed by atoms with Crippen molar-refractivity contribution in [1.29, 1.82) is 0 Å². The number of hydrogen-bond donors (Lipinski definition) is 2. The molecule has 1 aromatic rings. The van der Waals surface area contributed by atoms with E-state index >= 15 is 0 Å². The molecule has 3 amide bonds. The first-order valence-corrected chi connectivity index (χ1v) is 10.9. The number of esters is 1. The van der Waals surface area contributed by atoms with Crippen LogP contribution in [0.4, 0.5) is 4.79 Å². The van der Waals surface area contributed by atoms with E-state index in [4.69, 9.17) is 4.74 Å². The number of nitrogens with zero attached hydrogens (tertiary/aromatic N) is 1.